The lowest BCUT2D eigenvalue weighted by Gasteiger charge is -2.18. The molecule has 4 heteroatoms. The Bertz CT molecular complexity index is 751. The molecule has 0 saturated heterocycles. The summed E-state index contributed by atoms with van der Waals surface area (Å²) in [6, 6.07) is 16.7. The van der Waals surface area contributed by atoms with Crippen LogP contribution in [0.1, 0.15) is 24.5 Å². The highest BCUT2D eigenvalue weighted by Crippen LogP contribution is 2.50. The van der Waals surface area contributed by atoms with Crippen LogP contribution in [0.2, 0.25) is 0 Å². The van der Waals surface area contributed by atoms with E-state index in [0.29, 0.717) is 6.42 Å². The molecule has 0 heterocycles. The second-order valence-corrected chi connectivity index (χ2v) is 7.73. The van der Waals surface area contributed by atoms with E-state index in [1.807, 2.05) is 44.2 Å². The highest BCUT2D eigenvalue weighted by molar-refractivity contribution is 7.86. The van der Waals surface area contributed by atoms with Gasteiger partial charge in [0.2, 0.25) is 0 Å². The molecule has 0 aliphatic heterocycles. The van der Waals surface area contributed by atoms with Crippen molar-refractivity contribution in [1.82, 2.24) is 0 Å². The molecule has 2 atom stereocenters. The molecule has 0 spiro atoms. The lowest BCUT2D eigenvalue weighted by Crippen LogP contribution is -2.24. The minimum Gasteiger partial charge on any atom is -0.259 e. The Morgan fingerprint density at radius 2 is 1.68 bits per heavy atom. The smallest absolute Gasteiger partial charge is 0.259 e. The number of hydrogen-bond donors (Lipinski definition) is 0. The van der Waals surface area contributed by atoms with Gasteiger partial charge >= 0.3 is 0 Å². The van der Waals surface area contributed by atoms with Gasteiger partial charge in [0.15, 0.2) is 0 Å². The maximum Gasteiger partial charge on any atom is 0.297 e. The fraction of sp³-hybridized carbons (Fsp3) is 0.333. The van der Waals surface area contributed by atoms with Crippen molar-refractivity contribution in [1.29, 1.82) is 0 Å². The number of aryl methyl sites for hydroxylation is 1. The molecule has 22 heavy (non-hydrogen) atoms. The maximum absolute atomic E-state index is 12.5. The van der Waals surface area contributed by atoms with Crippen LogP contribution in [0.3, 0.4) is 0 Å². The summed E-state index contributed by atoms with van der Waals surface area (Å²) in [5.74, 6) is 0.243. The van der Waals surface area contributed by atoms with Crippen molar-refractivity contribution < 1.29 is 12.6 Å². The highest BCUT2D eigenvalue weighted by atomic mass is 32.2. The molecule has 1 saturated carbocycles. The summed E-state index contributed by atoms with van der Waals surface area (Å²) in [6.07, 6.45) is 1.40. The first-order valence-electron chi connectivity index (χ1n) is 7.48. The molecule has 0 N–H and O–H groups in total. The van der Waals surface area contributed by atoms with Gasteiger partial charge in [0, 0.05) is 6.42 Å². The van der Waals surface area contributed by atoms with E-state index in [0.717, 1.165) is 17.5 Å². The van der Waals surface area contributed by atoms with Crippen molar-refractivity contribution in [2.75, 3.05) is 0 Å². The largest absolute Gasteiger partial charge is 0.297 e. The molecule has 0 unspecified atom stereocenters. The summed E-state index contributed by atoms with van der Waals surface area (Å²) >= 11 is 0. The molecule has 2 aromatic carbocycles. The first-order chi connectivity index (χ1) is 10.4. The first kappa shape index (κ1) is 15.3. The topological polar surface area (TPSA) is 43.4 Å². The van der Waals surface area contributed by atoms with Gasteiger partial charge in [-0.2, -0.15) is 8.42 Å². The monoisotopic (exact) mass is 316 g/mol. The van der Waals surface area contributed by atoms with Crippen molar-refractivity contribution in [2.24, 2.45) is 5.92 Å². The minimum atomic E-state index is -3.73. The van der Waals surface area contributed by atoms with Crippen molar-refractivity contribution >= 4 is 10.1 Å². The Hall–Kier alpha value is -1.65. The van der Waals surface area contributed by atoms with Crippen LogP contribution in [0.4, 0.5) is 0 Å². The molecule has 1 fully saturated rings. The van der Waals surface area contributed by atoms with Crippen LogP contribution in [-0.2, 0) is 20.7 Å². The van der Waals surface area contributed by atoms with Crippen LogP contribution in [-0.4, -0.2) is 14.0 Å². The van der Waals surface area contributed by atoms with E-state index in [9.17, 15) is 8.42 Å². The predicted molar refractivity (Wildman–Crippen MR) is 86.1 cm³/mol. The normalized spacial score (nSPS) is 24.2. The molecule has 116 valence electrons. The maximum atomic E-state index is 12.5. The van der Waals surface area contributed by atoms with Crippen LogP contribution in [0, 0.1) is 12.8 Å². The van der Waals surface area contributed by atoms with Crippen molar-refractivity contribution in [3.8, 4) is 0 Å². The number of rotatable bonds is 5. The molecule has 3 rings (SSSR count). The van der Waals surface area contributed by atoms with E-state index in [1.54, 1.807) is 24.3 Å². The lowest BCUT2D eigenvalue weighted by atomic mass is 10.1. The van der Waals surface area contributed by atoms with E-state index < -0.39 is 15.7 Å². The quantitative estimate of drug-likeness (QED) is 0.790. The Labute approximate surface area is 132 Å². The summed E-state index contributed by atoms with van der Waals surface area (Å²) in [5.41, 5.74) is 1.54. The third-order valence-corrected chi connectivity index (χ3v) is 5.72. The molecule has 3 nitrogen and oxygen atoms in total. The number of benzene rings is 2. The first-order valence-corrected chi connectivity index (χ1v) is 8.88. The zero-order valence-corrected chi connectivity index (χ0v) is 13.6. The summed E-state index contributed by atoms with van der Waals surface area (Å²) < 4.78 is 30.7. The molecule has 1 aliphatic carbocycles. The minimum absolute atomic E-state index is 0.227. The van der Waals surface area contributed by atoms with Crippen LogP contribution < -0.4 is 0 Å². The molecular formula is C18H20O3S. The van der Waals surface area contributed by atoms with E-state index in [1.165, 1.54) is 0 Å². The van der Waals surface area contributed by atoms with Crippen LogP contribution >= 0.6 is 0 Å². The number of hydrogen-bond acceptors (Lipinski definition) is 3. The van der Waals surface area contributed by atoms with Gasteiger partial charge in [-0.1, -0.05) is 55.0 Å². The lowest BCUT2D eigenvalue weighted by molar-refractivity contribution is 0.171. The van der Waals surface area contributed by atoms with Gasteiger partial charge in [0.05, 0.1) is 10.5 Å². The Balaban J connectivity index is 1.82. The van der Waals surface area contributed by atoms with E-state index in [-0.39, 0.29) is 10.8 Å². The SMILES string of the molecule is Cc1ccc(S(=O)(=O)O[C@@]2(Cc3ccccc3)C[C@@H]2C)cc1. The molecule has 0 amide bonds. The highest BCUT2D eigenvalue weighted by Gasteiger charge is 2.55. The van der Waals surface area contributed by atoms with Gasteiger partial charge in [-0.15, -0.1) is 0 Å². The molecule has 0 radical (unpaired) electrons. The van der Waals surface area contributed by atoms with Crippen molar-refractivity contribution in [3.05, 3.63) is 65.7 Å². The third kappa shape index (κ3) is 3.08. The predicted octanol–water partition coefficient (Wildman–Crippen LogP) is 3.72. The molecular weight excluding hydrogens is 296 g/mol. The van der Waals surface area contributed by atoms with Crippen molar-refractivity contribution in [3.63, 3.8) is 0 Å². The van der Waals surface area contributed by atoms with Gasteiger partial charge < -0.3 is 0 Å². The molecule has 1 aliphatic rings. The van der Waals surface area contributed by atoms with Crippen LogP contribution in [0.5, 0.6) is 0 Å². The standard InChI is InChI=1S/C18H20O3S/c1-14-8-10-17(11-9-14)22(19,20)21-18(12-15(18)2)13-16-6-4-3-5-7-16/h3-11,15H,12-13H2,1-2H3/t15-,18+/m0/s1. The molecule has 0 aromatic heterocycles. The van der Waals surface area contributed by atoms with Gasteiger partial charge in [0.25, 0.3) is 10.1 Å². The Morgan fingerprint density at radius 1 is 1.09 bits per heavy atom. The zero-order chi connectivity index (χ0) is 15.8. The fourth-order valence-electron chi connectivity index (χ4n) is 2.76. The van der Waals surface area contributed by atoms with Crippen LogP contribution in [0.15, 0.2) is 59.5 Å². The van der Waals surface area contributed by atoms with Gasteiger partial charge in [-0.3, -0.25) is 4.18 Å². The van der Waals surface area contributed by atoms with Crippen molar-refractivity contribution in [2.45, 2.75) is 37.2 Å². The summed E-state index contributed by atoms with van der Waals surface area (Å²) in [7, 11) is -3.73. The van der Waals surface area contributed by atoms with Gasteiger partial charge in [0.1, 0.15) is 0 Å². The Kier molecular flexibility index (Phi) is 3.83. The average molecular weight is 316 g/mol. The molecule has 2 aromatic rings. The second-order valence-electron chi connectivity index (χ2n) is 6.18. The summed E-state index contributed by atoms with van der Waals surface area (Å²) in [6.45, 7) is 3.96. The third-order valence-electron chi connectivity index (χ3n) is 4.32. The van der Waals surface area contributed by atoms with Gasteiger partial charge in [-0.05, 0) is 37.0 Å². The van der Waals surface area contributed by atoms with Crippen LogP contribution in [0.25, 0.3) is 0 Å². The second kappa shape index (κ2) is 5.52. The average Bonchev–Trinajstić information content (AvgIpc) is 3.08. The molecule has 0 bridgehead atoms. The Morgan fingerprint density at radius 3 is 2.23 bits per heavy atom. The van der Waals surface area contributed by atoms with E-state index >= 15 is 0 Å². The van der Waals surface area contributed by atoms with E-state index in [2.05, 4.69) is 0 Å². The summed E-state index contributed by atoms with van der Waals surface area (Å²) in [4.78, 5) is 0.227. The fourth-order valence-corrected chi connectivity index (χ4v) is 4.06. The van der Waals surface area contributed by atoms with Gasteiger partial charge in [-0.25, -0.2) is 0 Å². The zero-order valence-electron chi connectivity index (χ0n) is 12.8. The summed E-state index contributed by atoms with van der Waals surface area (Å²) in [5, 5.41) is 0. The van der Waals surface area contributed by atoms with E-state index in [4.69, 9.17) is 4.18 Å².